The molecule has 5 nitrogen and oxygen atoms in total. The van der Waals surface area contributed by atoms with Gasteiger partial charge in [0.1, 0.15) is 5.69 Å². The number of nitrogens with one attached hydrogen (secondary N) is 1. The second-order valence-electron chi connectivity index (χ2n) is 7.45. The highest BCUT2D eigenvalue weighted by Crippen LogP contribution is 2.37. The molecule has 2 heterocycles. The summed E-state index contributed by atoms with van der Waals surface area (Å²) in [6.07, 6.45) is 6.86. The molecule has 0 aliphatic heterocycles. The first-order chi connectivity index (χ1) is 12.6. The third-order valence-electron chi connectivity index (χ3n) is 5.81. The van der Waals surface area contributed by atoms with E-state index in [1.807, 2.05) is 42.1 Å². The van der Waals surface area contributed by atoms with Crippen LogP contribution in [0.1, 0.15) is 41.0 Å². The topological polar surface area (TPSA) is 53.9 Å². The molecule has 0 spiro atoms. The summed E-state index contributed by atoms with van der Waals surface area (Å²) in [5.74, 6) is 0.0631. The van der Waals surface area contributed by atoms with E-state index in [-0.39, 0.29) is 11.9 Å². The van der Waals surface area contributed by atoms with Gasteiger partial charge in [-0.2, -0.15) is 5.10 Å². The van der Waals surface area contributed by atoms with E-state index in [0.29, 0.717) is 16.8 Å². The second-order valence-corrected chi connectivity index (χ2v) is 7.83. The molecule has 1 fully saturated rings. The highest BCUT2D eigenvalue weighted by molar-refractivity contribution is 6.38. The van der Waals surface area contributed by atoms with Gasteiger partial charge in [0.15, 0.2) is 0 Å². The standard InChI is InChI=1S/C20H21ClN4O/c1-24-17-5-3-2-4-15(17)18(21)19(24)20(26)25(13-6-7-13)14-8-9-16-12(10-14)11-22-23-16/h2-5,11,13-14H,6-10H2,1H3,(H,22,23). The van der Waals surface area contributed by atoms with E-state index in [9.17, 15) is 4.79 Å². The van der Waals surface area contributed by atoms with Gasteiger partial charge in [-0.05, 0) is 43.7 Å². The molecule has 26 heavy (non-hydrogen) atoms. The number of hydrogen-bond acceptors (Lipinski definition) is 2. The van der Waals surface area contributed by atoms with Crippen molar-refractivity contribution in [3.63, 3.8) is 0 Å². The van der Waals surface area contributed by atoms with Gasteiger partial charge < -0.3 is 9.47 Å². The predicted octanol–water partition coefficient (Wildman–Crippen LogP) is 3.72. The van der Waals surface area contributed by atoms with Crippen molar-refractivity contribution in [3.05, 3.63) is 52.4 Å². The lowest BCUT2D eigenvalue weighted by molar-refractivity contribution is 0.0633. The molecule has 6 heteroatoms. The summed E-state index contributed by atoms with van der Waals surface area (Å²) in [5, 5.41) is 8.75. The van der Waals surface area contributed by atoms with Crippen LogP contribution in [0.4, 0.5) is 0 Å². The molecule has 1 saturated carbocycles. The number of aryl methyl sites for hydroxylation is 2. The number of hydrogen-bond donors (Lipinski definition) is 1. The monoisotopic (exact) mass is 368 g/mol. The summed E-state index contributed by atoms with van der Waals surface area (Å²) in [5.41, 5.74) is 4.06. The number of aromatic amines is 1. The van der Waals surface area contributed by atoms with Crippen LogP contribution in [0.15, 0.2) is 30.5 Å². The zero-order chi connectivity index (χ0) is 17.8. The van der Waals surface area contributed by atoms with Gasteiger partial charge in [-0.1, -0.05) is 29.8 Å². The lowest BCUT2D eigenvalue weighted by Crippen LogP contribution is -2.45. The average Bonchev–Trinajstić information content (AvgIpc) is 3.30. The largest absolute Gasteiger partial charge is 0.338 e. The van der Waals surface area contributed by atoms with Gasteiger partial charge in [-0.15, -0.1) is 0 Å². The van der Waals surface area contributed by atoms with Crippen LogP contribution in [0.5, 0.6) is 0 Å². The number of halogens is 1. The number of carbonyl (C=O) groups is 1. The Bertz CT molecular complexity index is 962. The first kappa shape index (κ1) is 15.9. The van der Waals surface area contributed by atoms with Crippen molar-refractivity contribution < 1.29 is 4.79 Å². The summed E-state index contributed by atoms with van der Waals surface area (Å²) >= 11 is 6.65. The summed E-state index contributed by atoms with van der Waals surface area (Å²) < 4.78 is 1.95. The van der Waals surface area contributed by atoms with Crippen molar-refractivity contribution in [1.29, 1.82) is 0 Å². The molecule has 2 aliphatic carbocycles. The number of nitrogens with zero attached hydrogens (tertiary/aromatic N) is 3. The van der Waals surface area contributed by atoms with Crippen molar-refractivity contribution in [2.45, 2.75) is 44.2 Å². The van der Waals surface area contributed by atoms with Crippen LogP contribution in [0, 0.1) is 0 Å². The molecule has 1 unspecified atom stereocenters. The quantitative estimate of drug-likeness (QED) is 0.766. The molecule has 1 N–H and O–H groups in total. The van der Waals surface area contributed by atoms with E-state index < -0.39 is 0 Å². The van der Waals surface area contributed by atoms with Gasteiger partial charge in [-0.3, -0.25) is 9.89 Å². The minimum atomic E-state index is 0.0631. The van der Waals surface area contributed by atoms with Crippen LogP contribution in [-0.2, 0) is 19.9 Å². The minimum Gasteiger partial charge on any atom is -0.338 e. The lowest BCUT2D eigenvalue weighted by Gasteiger charge is -2.34. The Hall–Kier alpha value is -2.27. The molecule has 1 aromatic carbocycles. The number of H-pyrrole nitrogens is 1. The first-order valence-corrected chi connectivity index (χ1v) is 9.59. The molecule has 0 saturated heterocycles. The fourth-order valence-corrected chi connectivity index (χ4v) is 4.69. The number of amides is 1. The first-order valence-electron chi connectivity index (χ1n) is 9.22. The highest BCUT2D eigenvalue weighted by atomic mass is 35.5. The number of rotatable bonds is 3. The van der Waals surface area contributed by atoms with Crippen molar-refractivity contribution >= 4 is 28.4 Å². The number of carbonyl (C=O) groups excluding carboxylic acids is 1. The van der Waals surface area contributed by atoms with E-state index in [1.165, 1.54) is 11.3 Å². The molecule has 0 radical (unpaired) electrons. The average molecular weight is 369 g/mol. The van der Waals surface area contributed by atoms with Gasteiger partial charge in [0.05, 0.1) is 11.2 Å². The normalized spacial score (nSPS) is 19.5. The second kappa shape index (κ2) is 5.88. The highest BCUT2D eigenvalue weighted by Gasteiger charge is 2.40. The summed E-state index contributed by atoms with van der Waals surface area (Å²) in [7, 11) is 1.93. The maximum atomic E-state index is 13.6. The molecule has 2 aliphatic rings. The van der Waals surface area contributed by atoms with Crippen LogP contribution >= 0.6 is 11.6 Å². The van der Waals surface area contributed by atoms with Crippen molar-refractivity contribution in [1.82, 2.24) is 19.7 Å². The summed E-state index contributed by atoms with van der Waals surface area (Å²) in [4.78, 5) is 15.7. The SMILES string of the molecule is Cn1c(C(=O)N(C2CC2)C2CCc3[nH]ncc3C2)c(Cl)c2ccccc21. The number of aromatic nitrogens is 3. The molecule has 0 bridgehead atoms. The summed E-state index contributed by atoms with van der Waals surface area (Å²) in [6.45, 7) is 0. The number of para-hydroxylation sites is 1. The fourth-order valence-electron chi connectivity index (χ4n) is 4.32. The molecule has 5 rings (SSSR count). The minimum absolute atomic E-state index is 0.0631. The Labute approximate surface area is 156 Å². The van der Waals surface area contributed by atoms with Crippen LogP contribution in [0.3, 0.4) is 0 Å². The Kier molecular flexibility index (Phi) is 3.60. The molecule has 1 amide bonds. The molecule has 1 atom stereocenters. The fraction of sp³-hybridized carbons (Fsp3) is 0.400. The van der Waals surface area contributed by atoms with Gasteiger partial charge in [-0.25, -0.2) is 0 Å². The lowest BCUT2D eigenvalue weighted by atomic mass is 9.92. The molecule has 134 valence electrons. The van der Waals surface area contributed by atoms with Crippen LogP contribution in [0.2, 0.25) is 5.02 Å². The number of benzene rings is 1. The Morgan fingerprint density at radius 2 is 2.08 bits per heavy atom. The molecule has 2 aromatic heterocycles. The maximum absolute atomic E-state index is 13.6. The molecular weight excluding hydrogens is 348 g/mol. The molecular formula is C20H21ClN4O. The summed E-state index contributed by atoms with van der Waals surface area (Å²) in [6, 6.07) is 8.49. The predicted molar refractivity (Wildman–Crippen MR) is 102 cm³/mol. The zero-order valence-electron chi connectivity index (χ0n) is 14.7. The Morgan fingerprint density at radius 3 is 2.85 bits per heavy atom. The van der Waals surface area contributed by atoms with Crippen LogP contribution in [0.25, 0.3) is 10.9 Å². The zero-order valence-corrected chi connectivity index (χ0v) is 15.5. The van der Waals surface area contributed by atoms with E-state index >= 15 is 0 Å². The van der Waals surface area contributed by atoms with Crippen molar-refractivity contribution in [2.75, 3.05) is 0 Å². The third kappa shape index (κ3) is 2.37. The van der Waals surface area contributed by atoms with Gasteiger partial charge in [0.25, 0.3) is 5.91 Å². The van der Waals surface area contributed by atoms with Crippen molar-refractivity contribution in [2.24, 2.45) is 7.05 Å². The maximum Gasteiger partial charge on any atom is 0.272 e. The number of fused-ring (bicyclic) bond motifs is 2. The van der Waals surface area contributed by atoms with Gasteiger partial charge >= 0.3 is 0 Å². The Morgan fingerprint density at radius 1 is 1.27 bits per heavy atom. The van der Waals surface area contributed by atoms with E-state index in [0.717, 1.165) is 43.0 Å². The van der Waals surface area contributed by atoms with Crippen LogP contribution in [-0.4, -0.2) is 37.7 Å². The smallest absolute Gasteiger partial charge is 0.272 e. The Balaban J connectivity index is 1.54. The molecule has 3 aromatic rings. The third-order valence-corrected chi connectivity index (χ3v) is 6.19. The van der Waals surface area contributed by atoms with Crippen LogP contribution < -0.4 is 0 Å². The van der Waals surface area contributed by atoms with E-state index in [4.69, 9.17) is 11.6 Å². The van der Waals surface area contributed by atoms with Crippen molar-refractivity contribution in [3.8, 4) is 0 Å². The van der Waals surface area contributed by atoms with E-state index in [1.54, 1.807) is 0 Å². The van der Waals surface area contributed by atoms with Gasteiger partial charge in [0, 0.05) is 35.7 Å². The van der Waals surface area contributed by atoms with E-state index in [2.05, 4.69) is 15.1 Å². The van der Waals surface area contributed by atoms with Gasteiger partial charge in [0.2, 0.25) is 0 Å².